The molecule has 0 spiro atoms. The predicted octanol–water partition coefficient (Wildman–Crippen LogP) is 2.10. The van der Waals surface area contributed by atoms with Gasteiger partial charge in [0.1, 0.15) is 0 Å². The Morgan fingerprint density at radius 3 is 2.47 bits per heavy atom. The van der Waals surface area contributed by atoms with Gasteiger partial charge in [0.05, 0.1) is 0 Å². The normalized spacial score (nSPS) is 11.7. The average molecular weight is 263 g/mol. The third kappa shape index (κ3) is 6.01. The molecule has 5 heteroatoms. The molecule has 0 saturated heterocycles. The lowest BCUT2D eigenvalue weighted by atomic mass is 10.1. The molecule has 1 aromatic rings. The van der Waals surface area contributed by atoms with Crippen LogP contribution < -0.4 is 16.4 Å². The Morgan fingerprint density at radius 1 is 1.26 bits per heavy atom. The lowest BCUT2D eigenvalue weighted by Gasteiger charge is -2.11. The Labute approximate surface area is 113 Å². The zero-order chi connectivity index (χ0) is 14.3. The summed E-state index contributed by atoms with van der Waals surface area (Å²) in [4.78, 5) is 22.7. The standard InChI is InChI=1S/C14H21N3O2/c1-3-5-11(15)8-14(19)17-13-7-4-6-12(9-13)16-10(2)18/h4,6-7,9,11H,3,5,8,15H2,1-2H3,(H,16,18)(H,17,19). The summed E-state index contributed by atoms with van der Waals surface area (Å²) < 4.78 is 0. The Hall–Kier alpha value is -1.88. The van der Waals surface area contributed by atoms with E-state index >= 15 is 0 Å². The number of hydrogen-bond acceptors (Lipinski definition) is 3. The summed E-state index contributed by atoms with van der Waals surface area (Å²) in [5.41, 5.74) is 7.13. The molecule has 0 saturated carbocycles. The number of nitrogens with two attached hydrogens (primary N) is 1. The van der Waals surface area contributed by atoms with Gasteiger partial charge in [-0.1, -0.05) is 19.4 Å². The molecular weight excluding hydrogens is 242 g/mol. The van der Waals surface area contributed by atoms with E-state index in [1.807, 2.05) is 6.92 Å². The summed E-state index contributed by atoms with van der Waals surface area (Å²) >= 11 is 0. The zero-order valence-electron chi connectivity index (χ0n) is 11.4. The summed E-state index contributed by atoms with van der Waals surface area (Å²) in [7, 11) is 0. The van der Waals surface area contributed by atoms with E-state index in [1.165, 1.54) is 6.92 Å². The molecule has 1 aromatic carbocycles. The Bertz CT molecular complexity index is 446. The Balaban J connectivity index is 2.56. The van der Waals surface area contributed by atoms with E-state index in [2.05, 4.69) is 10.6 Å². The van der Waals surface area contributed by atoms with Gasteiger partial charge in [-0.2, -0.15) is 0 Å². The fraction of sp³-hybridized carbons (Fsp3) is 0.429. The summed E-state index contributed by atoms with van der Waals surface area (Å²) in [6.45, 7) is 3.48. The third-order valence-electron chi connectivity index (χ3n) is 2.57. The van der Waals surface area contributed by atoms with Gasteiger partial charge in [-0.05, 0) is 24.6 Å². The molecule has 2 amide bonds. The fourth-order valence-corrected chi connectivity index (χ4v) is 1.80. The molecule has 0 heterocycles. The number of benzene rings is 1. The van der Waals surface area contributed by atoms with Crippen LogP contribution in [0.5, 0.6) is 0 Å². The van der Waals surface area contributed by atoms with Gasteiger partial charge in [0.15, 0.2) is 0 Å². The topological polar surface area (TPSA) is 84.2 Å². The molecule has 19 heavy (non-hydrogen) atoms. The summed E-state index contributed by atoms with van der Waals surface area (Å²) in [5, 5.41) is 5.44. The van der Waals surface area contributed by atoms with E-state index in [9.17, 15) is 9.59 Å². The molecule has 1 atom stereocenters. The molecule has 0 aromatic heterocycles. The first-order valence-electron chi connectivity index (χ1n) is 6.44. The van der Waals surface area contributed by atoms with Crippen molar-refractivity contribution in [1.29, 1.82) is 0 Å². The highest BCUT2D eigenvalue weighted by Crippen LogP contribution is 2.15. The van der Waals surface area contributed by atoms with Gasteiger partial charge >= 0.3 is 0 Å². The van der Waals surface area contributed by atoms with E-state index < -0.39 is 0 Å². The van der Waals surface area contributed by atoms with Gasteiger partial charge < -0.3 is 16.4 Å². The van der Waals surface area contributed by atoms with Crippen molar-refractivity contribution in [2.75, 3.05) is 10.6 Å². The van der Waals surface area contributed by atoms with Gasteiger partial charge in [0.2, 0.25) is 11.8 Å². The number of hydrogen-bond donors (Lipinski definition) is 3. The number of carbonyl (C=O) groups is 2. The van der Waals surface area contributed by atoms with Crippen LogP contribution in [0.2, 0.25) is 0 Å². The summed E-state index contributed by atoms with van der Waals surface area (Å²) in [5.74, 6) is -0.255. The lowest BCUT2D eigenvalue weighted by molar-refractivity contribution is -0.116. The number of nitrogens with one attached hydrogen (secondary N) is 2. The minimum Gasteiger partial charge on any atom is -0.327 e. The highest BCUT2D eigenvalue weighted by atomic mass is 16.2. The number of carbonyl (C=O) groups excluding carboxylic acids is 2. The van der Waals surface area contributed by atoms with E-state index in [0.29, 0.717) is 17.8 Å². The molecule has 0 fully saturated rings. The monoisotopic (exact) mass is 263 g/mol. The van der Waals surface area contributed by atoms with Crippen LogP contribution in [-0.2, 0) is 9.59 Å². The molecule has 0 aliphatic rings. The second kappa shape index (κ2) is 7.53. The van der Waals surface area contributed by atoms with Gasteiger partial charge in [-0.3, -0.25) is 9.59 Å². The van der Waals surface area contributed by atoms with Crippen LogP contribution in [0.1, 0.15) is 33.1 Å². The molecule has 0 aliphatic heterocycles. The Kier molecular flexibility index (Phi) is 6.02. The van der Waals surface area contributed by atoms with Gasteiger partial charge in [-0.15, -0.1) is 0 Å². The van der Waals surface area contributed by atoms with Gasteiger partial charge in [0.25, 0.3) is 0 Å². The van der Waals surface area contributed by atoms with Crippen molar-refractivity contribution in [2.45, 2.75) is 39.2 Å². The first kappa shape index (κ1) is 15.2. The van der Waals surface area contributed by atoms with Crippen LogP contribution in [0.25, 0.3) is 0 Å². The molecule has 1 unspecified atom stereocenters. The summed E-state index contributed by atoms with van der Waals surface area (Å²) in [6, 6.07) is 6.91. The first-order valence-corrected chi connectivity index (χ1v) is 6.44. The second-order valence-corrected chi connectivity index (χ2v) is 4.56. The lowest BCUT2D eigenvalue weighted by Crippen LogP contribution is -2.26. The molecule has 5 nitrogen and oxygen atoms in total. The van der Waals surface area contributed by atoms with Crippen molar-refractivity contribution in [3.05, 3.63) is 24.3 Å². The molecule has 0 radical (unpaired) electrons. The Morgan fingerprint density at radius 2 is 1.89 bits per heavy atom. The SMILES string of the molecule is CCCC(N)CC(=O)Nc1cccc(NC(C)=O)c1. The minimum absolute atomic E-state index is 0.108. The zero-order valence-corrected chi connectivity index (χ0v) is 11.4. The smallest absolute Gasteiger partial charge is 0.225 e. The second-order valence-electron chi connectivity index (χ2n) is 4.56. The van der Waals surface area contributed by atoms with Crippen molar-refractivity contribution in [1.82, 2.24) is 0 Å². The molecular formula is C14H21N3O2. The maximum absolute atomic E-state index is 11.8. The molecule has 0 aliphatic carbocycles. The maximum atomic E-state index is 11.8. The van der Waals surface area contributed by atoms with Crippen molar-refractivity contribution < 1.29 is 9.59 Å². The van der Waals surface area contributed by atoms with Crippen molar-refractivity contribution >= 4 is 23.2 Å². The van der Waals surface area contributed by atoms with Crippen molar-refractivity contribution in [2.24, 2.45) is 5.73 Å². The van der Waals surface area contributed by atoms with E-state index in [-0.39, 0.29) is 17.9 Å². The molecule has 4 N–H and O–H groups in total. The fourth-order valence-electron chi connectivity index (χ4n) is 1.80. The molecule has 104 valence electrons. The van der Waals surface area contributed by atoms with Gasteiger partial charge in [0, 0.05) is 30.8 Å². The van der Waals surface area contributed by atoms with E-state index in [4.69, 9.17) is 5.73 Å². The maximum Gasteiger partial charge on any atom is 0.225 e. The van der Waals surface area contributed by atoms with Crippen LogP contribution in [0, 0.1) is 0 Å². The summed E-state index contributed by atoms with van der Waals surface area (Å²) in [6.07, 6.45) is 2.10. The molecule has 1 rings (SSSR count). The largest absolute Gasteiger partial charge is 0.327 e. The first-order chi connectivity index (χ1) is 9.01. The van der Waals surface area contributed by atoms with Crippen molar-refractivity contribution in [3.8, 4) is 0 Å². The van der Waals surface area contributed by atoms with Gasteiger partial charge in [-0.25, -0.2) is 0 Å². The predicted molar refractivity (Wildman–Crippen MR) is 76.9 cm³/mol. The van der Waals surface area contributed by atoms with Crippen LogP contribution in [0.3, 0.4) is 0 Å². The highest BCUT2D eigenvalue weighted by molar-refractivity contribution is 5.93. The van der Waals surface area contributed by atoms with Crippen molar-refractivity contribution in [3.63, 3.8) is 0 Å². The molecule has 0 bridgehead atoms. The van der Waals surface area contributed by atoms with Crippen LogP contribution in [0.4, 0.5) is 11.4 Å². The third-order valence-corrected chi connectivity index (χ3v) is 2.57. The van der Waals surface area contributed by atoms with Crippen LogP contribution >= 0.6 is 0 Å². The van der Waals surface area contributed by atoms with E-state index in [0.717, 1.165) is 12.8 Å². The minimum atomic E-state index is -0.145. The quantitative estimate of drug-likeness (QED) is 0.734. The number of rotatable bonds is 6. The van der Waals surface area contributed by atoms with Crippen LogP contribution in [-0.4, -0.2) is 17.9 Å². The highest BCUT2D eigenvalue weighted by Gasteiger charge is 2.09. The number of amides is 2. The van der Waals surface area contributed by atoms with E-state index in [1.54, 1.807) is 24.3 Å². The average Bonchev–Trinajstić information content (AvgIpc) is 2.28. The number of anilines is 2. The van der Waals surface area contributed by atoms with Crippen LogP contribution in [0.15, 0.2) is 24.3 Å².